The SMILES string of the molecule is CC[C@H]1CN(C(c2ccc(C)cc2)c2ccc(Cl)cc2)[C@H](C)CN1c1cc(=O)n(C)c2ccc(C#N)nc12. The molecule has 7 heteroatoms. The van der Waals surface area contributed by atoms with Crippen molar-refractivity contribution >= 4 is 28.3 Å². The molecule has 0 saturated carbocycles. The summed E-state index contributed by atoms with van der Waals surface area (Å²) in [6.45, 7) is 8.08. The first-order valence-electron chi connectivity index (χ1n) is 13.1. The quantitative estimate of drug-likeness (QED) is 0.327. The summed E-state index contributed by atoms with van der Waals surface area (Å²) in [6, 6.07) is 24.7. The van der Waals surface area contributed by atoms with Crippen LogP contribution >= 0.6 is 11.6 Å². The minimum Gasteiger partial charge on any atom is -0.364 e. The van der Waals surface area contributed by atoms with E-state index in [9.17, 15) is 10.1 Å². The molecule has 1 saturated heterocycles. The van der Waals surface area contributed by atoms with Crippen molar-refractivity contribution in [2.45, 2.75) is 45.3 Å². The van der Waals surface area contributed by atoms with Crippen LogP contribution in [0.5, 0.6) is 0 Å². The largest absolute Gasteiger partial charge is 0.364 e. The number of benzene rings is 2. The lowest BCUT2D eigenvalue weighted by Crippen LogP contribution is -2.58. The molecule has 2 aromatic heterocycles. The molecular weight excluding hydrogens is 494 g/mol. The summed E-state index contributed by atoms with van der Waals surface area (Å²) in [5.41, 5.74) is 6.17. The number of anilines is 1. The second-order valence-electron chi connectivity index (χ2n) is 10.2. The summed E-state index contributed by atoms with van der Waals surface area (Å²) >= 11 is 6.25. The van der Waals surface area contributed by atoms with Crippen molar-refractivity contribution in [1.29, 1.82) is 5.26 Å². The van der Waals surface area contributed by atoms with E-state index in [1.54, 1.807) is 23.7 Å². The summed E-state index contributed by atoms with van der Waals surface area (Å²) in [7, 11) is 1.75. The van der Waals surface area contributed by atoms with Gasteiger partial charge in [0, 0.05) is 43.3 Å². The van der Waals surface area contributed by atoms with Crippen molar-refractivity contribution in [1.82, 2.24) is 14.5 Å². The fourth-order valence-electron chi connectivity index (χ4n) is 5.63. The molecule has 0 amide bonds. The van der Waals surface area contributed by atoms with Gasteiger partial charge in [0.2, 0.25) is 0 Å². The molecule has 1 unspecified atom stereocenters. The van der Waals surface area contributed by atoms with Crippen LogP contribution in [0.3, 0.4) is 0 Å². The fraction of sp³-hybridized carbons (Fsp3) is 0.323. The molecule has 0 spiro atoms. The molecule has 0 bridgehead atoms. The van der Waals surface area contributed by atoms with Crippen LogP contribution in [0.4, 0.5) is 5.69 Å². The van der Waals surface area contributed by atoms with E-state index in [0.29, 0.717) is 11.2 Å². The maximum atomic E-state index is 12.9. The van der Waals surface area contributed by atoms with Gasteiger partial charge in [-0.3, -0.25) is 9.69 Å². The van der Waals surface area contributed by atoms with Crippen LogP contribution in [0.1, 0.15) is 48.7 Å². The Labute approximate surface area is 228 Å². The first kappa shape index (κ1) is 26.0. The highest BCUT2D eigenvalue weighted by Gasteiger charge is 2.37. The number of hydrogen-bond acceptors (Lipinski definition) is 5. The van der Waals surface area contributed by atoms with Crippen molar-refractivity contribution in [3.05, 3.63) is 104 Å². The van der Waals surface area contributed by atoms with Crippen molar-refractivity contribution < 1.29 is 0 Å². The van der Waals surface area contributed by atoms with Gasteiger partial charge in [0.25, 0.3) is 5.56 Å². The average Bonchev–Trinajstić information content (AvgIpc) is 2.93. The molecule has 4 aromatic rings. The van der Waals surface area contributed by atoms with Crippen molar-refractivity contribution in [2.75, 3.05) is 18.0 Å². The molecule has 0 aliphatic carbocycles. The van der Waals surface area contributed by atoms with Crippen LogP contribution in [0.15, 0.2) is 71.5 Å². The van der Waals surface area contributed by atoms with Gasteiger partial charge < -0.3 is 9.47 Å². The van der Waals surface area contributed by atoms with Gasteiger partial charge in [0.05, 0.1) is 17.2 Å². The standard InChI is InChI=1S/C31H32ClN5O/c1-5-26-19-36(31(22-8-6-20(2)7-9-22)23-10-12-24(32)13-11-23)21(3)18-37(26)28-16-29(38)35(4)27-15-14-25(17-33)34-30(27)28/h6-16,21,26,31H,5,18-19H2,1-4H3/t21-,26+,31?/m1/s1. The van der Waals surface area contributed by atoms with Crippen molar-refractivity contribution in [3.63, 3.8) is 0 Å². The second kappa shape index (κ2) is 10.6. The molecule has 2 aromatic carbocycles. The Bertz CT molecular complexity index is 1510. The van der Waals surface area contributed by atoms with Gasteiger partial charge in [-0.05, 0) is 55.7 Å². The van der Waals surface area contributed by atoms with E-state index in [1.165, 1.54) is 16.7 Å². The van der Waals surface area contributed by atoms with E-state index in [2.05, 4.69) is 78.0 Å². The number of pyridine rings is 2. The molecule has 3 heterocycles. The van der Waals surface area contributed by atoms with Gasteiger partial charge in [-0.25, -0.2) is 4.98 Å². The van der Waals surface area contributed by atoms with Crippen LogP contribution in [-0.2, 0) is 7.05 Å². The van der Waals surface area contributed by atoms with Gasteiger partial charge in [-0.1, -0.05) is 60.5 Å². The Kier molecular flexibility index (Phi) is 7.25. The number of aromatic nitrogens is 2. The predicted octanol–water partition coefficient (Wildman–Crippen LogP) is 5.85. The minimum atomic E-state index is -0.0809. The smallest absolute Gasteiger partial charge is 0.252 e. The number of nitriles is 1. The lowest BCUT2D eigenvalue weighted by molar-refractivity contribution is 0.124. The highest BCUT2D eigenvalue weighted by molar-refractivity contribution is 6.30. The van der Waals surface area contributed by atoms with Gasteiger partial charge in [-0.15, -0.1) is 0 Å². The third-order valence-electron chi connectivity index (χ3n) is 7.76. The maximum absolute atomic E-state index is 12.9. The zero-order valence-corrected chi connectivity index (χ0v) is 23.0. The maximum Gasteiger partial charge on any atom is 0.252 e. The molecule has 38 heavy (non-hydrogen) atoms. The van der Waals surface area contributed by atoms with Crippen LogP contribution in [-0.4, -0.2) is 39.6 Å². The third-order valence-corrected chi connectivity index (χ3v) is 8.02. The number of rotatable bonds is 5. The van der Waals surface area contributed by atoms with Gasteiger partial charge in [-0.2, -0.15) is 5.26 Å². The number of nitrogens with zero attached hydrogens (tertiary/aromatic N) is 5. The highest BCUT2D eigenvalue weighted by atomic mass is 35.5. The number of fused-ring (bicyclic) bond motifs is 1. The van der Waals surface area contributed by atoms with Crippen LogP contribution in [0, 0.1) is 18.3 Å². The van der Waals surface area contributed by atoms with E-state index in [-0.39, 0.29) is 23.7 Å². The highest BCUT2D eigenvalue weighted by Crippen LogP contribution is 2.37. The summed E-state index contributed by atoms with van der Waals surface area (Å²) in [5, 5.41) is 10.2. The molecule has 1 aliphatic rings. The van der Waals surface area contributed by atoms with E-state index in [1.807, 2.05) is 18.2 Å². The van der Waals surface area contributed by atoms with E-state index in [4.69, 9.17) is 11.6 Å². The summed E-state index contributed by atoms with van der Waals surface area (Å²) < 4.78 is 1.60. The summed E-state index contributed by atoms with van der Waals surface area (Å²) in [4.78, 5) is 22.5. The Morgan fingerprint density at radius 3 is 2.34 bits per heavy atom. The third kappa shape index (κ3) is 4.80. The molecule has 0 radical (unpaired) electrons. The topological polar surface area (TPSA) is 65.2 Å². The Hall–Kier alpha value is -3.66. The number of hydrogen-bond donors (Lipinski definition) is 0. The number of piperazine rings is 1. The monoisotopic (exact) mass is 525 g/mol. The zero-order valence-electron chi connectivity index (χ0n) is 22.2. The normalized spacial score (nSPS) is 18.9. The zero-order chi connectivity index (χ0) is 27.0. The summed E-state index contributed by atoms with van der Waals surface area (Å²) in [5.74, 6) is 0. The predicted molar refractivity (Wildman–Crippen MR) is 154 cm³/mol. The fourth-order valence-corrected chi connectivity index (χ4v) is 5.75. The average molecular weight is 526 g/mol. The molecule has 0 N–H and O–H groups in total. The van der Waals surface area contributed by atoms with E-state index < -0.39 is 0 Å². The first-order valence-corrected chi connectivity index (χ1v) is 13.4. The number of halogens is 1. The van der Waals surface area contributed by atoms with E-state index >= 15 is 0 Å². The van der Waals surface area contributed by atoms with Gasteiger partial charge >= 0.3 is 0 Å². The molecular formula is C31H32ClN5O. The second-order valence-corrected chi connectivity index (χ2v) is 10.7. The minimum absolute atomic E-state index is 0.0720. The molecule has 1 fully saturated rings. The van der Waals surface area contributed by atoms with Crippen LogP contribution < -0.4 is 10.5 Å². The van der Waals surface area contributed by atoms with Gasteiger partial charge in [0.15, 0.2) is 0 Å². The van der Waals surface area contributed by atoms with Crippen LogP contribution in [0.2, 0.25) is 5.02 Å². The Balaban J connectivity index is 1.58. The first-order chi connectivity index (χ1) is 18.3. The Morgan fingerprint density at radius 2 is 1.71 bits per heavy atom. The summed E-state index contributed by atoms with van der Waals surface area (Å²) in [6.07, 6.45) is 0.902. The van der Waals surface area contributed by atoms with Crippen LogP contribution in [0.25, 0.3) is 11.0 Å². The molecule has 5 rings (SSSR count). The Morgan fingerprint density at radius 1 is 1.05 bits per heavy atom. The molecule has 1 aliphatic heterocycles. The molecule has 3 atom stereocenters. The van der Waals surface area contributed by atoms with E-state index in [0.717, 1.165) is 35.7 Å². The number of aryl methyl sites for hydroxylation is 2. The van der Waals surface area contributed by atoms with Crippen molar-refractivity contribution in [2.24, 2.45) is 7.05 Å². The van der Waals surface area contributed by atoms with Crippen molar-refractivity contribution in [3.8, 4) is 6.07 Å². The lowest BCUT2D eigenvalue weighted by Gasteiger charge is -2.49. The molecule has 194 valence electrons. The molecule has 6 nitrogen and oxygen atoms in total. The van der Waals surface area contributed by atoms with Gasteiger partial charge in [0.1, 0.15) is 17.3 Å². The lowest BCUT2D eigenvalue weighted by atomic mass is 9.92.